The van der Waals surface area contributed by atoms with Crippen molar-refractivity contribution in [2.24, 2.45) is 11.8 Å². The summed E-state index contributed by atoms with van der Waals surface area (Å²) in [7, 11) is -3.54. The normalized spacial score (nSPS) is 24.2. The van der Waals surface area contributed by atoms with Gasteiger partial charge in [0, 0.05) is 30.1 Å². The predicted octanol–water partition coefficient (Wildman–Crippen LogP) is 4.47. The molecule has 1 aliphatic heterocycles. The average Bonchev–Trinajstić information content (AvgIpc) is 3.06. The van der Waals surface area contributed by atoms with Gasteiger partial charge >= 0.3 is 0 Å². The van der Waals surface area contributed by atoms with E-state index in [0.717, 1.165) is 32.1 Å². The molecule has 2 aromatic rings. The van der Waals surface area contributed by atoms with Crippen molar-refractivity contribution in [1.82, 2.24) is 9.62 Å². The number of sulfonamides is 1. The fourth-order valence-electron chi connectivity index (χ4n) is 4.72. The second kappa shape index (κ2) is 8.35. The SMILES string of the molecule is Cc1c(C(=O)N[C@H]2CCCC[C@H]2C)oc2ccc(S(=O)(=O)N3CCC(C)CC3)cc12. The number of carbonyl (C=O) groups is 1. The fourth-order valence-corrected chi connectivity index (χ4v) is 6.21. The van der Waals surface area contributed by atoms with Crippen LogP contribution in [0.3, 0.4) is 0 Å². The lowest BCUT2D eigenvalue weighted by molar-refractivity contribution is 0.0883. The van der Waals surface area contributed by atoms with E-state index < -0.39 is 10.0 Å². The molecule has 1 saturated heterocycles. The Hall–Kier alpha value is -1.86. The average molecular weight is 433 g/mol. The summed E-state index contributed by atoms with van der Waals surface area (Å²) in [6.07, 6.45) is 6.23. The molecule has 2 heterocycles. The molecular weight excluding hydrogens is 400 g/mol. The maximum atomic E-state index is 13.1. The summed E-state index contributed by atoms with van der Waals surface area (Å²) >= 11 is 0. The highest BCUT2D eigenvalue weighted by atomic mass is 32.2. The van der Waals surface area contributed by atoms with E-state index in [1.165, 1.54) is 6.42 Å². The molecule has 30 heavy (non-hydrogen) atoms. The number of amides is 1. The van der Waals surface area contributed by atoms with E-state index >= 15 is 0 Å². The molecule has 1 amide bonds. The molecule has 2 atom stereocenters. The molecule has 1 aliphatic carbocycles. The number of nitrogens with zero attached hydrogens (tertiary/aromatic N) is 1. The number of piperidine rings is 1. The minimum atomic E-state index is -3.54. The third-order valence-corrected chi connectivity index (χ3v) is 8.82. The summed E-state index contributed by atoms with van der Waals surface area (Å²) < 4.78 is 33.6. The Balaban J connectivity index is 1.59. The number of hydrogen-bond acceptors (Lipinski definition) is 4. The van der Waals surface area contributed by atoms with E-state index in [1.54, 1.807) is 22.5 Å². The number of benzene rings is 1. The number of aryl methyl sites for hydroxylation is 1. The zero-order chi connectivity index (χ0) is 21.5. The van der Waals surface area contributed by atoms with Gasteiger partial charge in [-0.1, -0.05) is 26.7 Å². The molecule has 1 aromatic carbocycles. The first-order valence-electron chi connectivity index (χ1n) is 11.1. The van der Waals surface area contributed by atoms with Crippen LogP contribution >= 0.6 is 0 Å². The van der Waals surface area contributed by atoms with E-state index in [0.29, 0.717) is 41.5 Å². The summed E-state index contributed by atoms with van der Waals surface area (Å²) in [5.74, 6) is 1.08. The van der Waals surface area contributed by atoms with Crippen molar-refractivity contribution >= 4 is 26.9 Å². The second-order valence-corrected chi connectivity index (χ2v) is 11.1. The molecule has 2 fully saturated rings. The number of furan rings is 1. The quantitative estimate of drug-likeness (QED) is 0.773. The molecule has 164 valence electrons. The molecule has 0 unspecified atom stereocenters. The molecule has 0 radical (unpaired) electrons. The van der Waals surface area contributed by atoms with Crippen LogP contribution in [0, 0.1) is 18.8 Å². The fraction of sp³-hybridized carbons (Fsp3) is 0.609. The molecule has 0 spiro atoms. The van der Waals surface area contributed by atoms with E-state index in [9.17, 15) is 13.2 Å². The molecule has 7 heteroatoms. The number of hydrogen-bond donors (Lipinski definition) is 1. The molecule has 6 nitrogen and oxygen atoms in total. The van der Waals surface area contributed by atoms with Gasteiger partial charge in [0.25, 0.3) is 5.91 Å². The highest BCUT2D eigenvalue weighted by Crippen LogP contribution is 2.31. The number of fused-ring (bicyclic) bond motifs is 1. The number of nitrogens with one attached hydrogen (secondary N) is 1. The number of rotatable bonds is 4. The van der Waals surface area contributed by atoms with Crippen LogP contribution in [-0.2, 0) is 10.0 Å². The molecular formula is C23H32N2O4S. The Morgan fingerprint density at radius 3 is 2.50 bits per heavy atom. The second-order valence-electron chi connectivity index (χ2n) is 9.14. The van der Waals surface area contributed by atoms with Crippen molar-refractivity contribution in [2.75, 3.05) is 13.1 Å². The van der Waals surface area contributed by atoms with Crippen LogP contribution in [0.5, 0.6) is 0 Å². The first-order valence-corrected chi connectivity index (χ1v) is 12.6. The lowest BCUT2D eigenvalue weighted by Crippen LogP contribution is -2.41. The van der Waals surface area contributed by atoms with Crippen molar-refractivity contribution < 1.29 is 17.6 Å². The van der Waals surface area contributed by atoms with E-state index in [-0.39, 0.29) is 22.6 Å². The first kappa shape index (κ1) is 21.4. The largest absolute Gasteiger partial charge is 0.451 e. The number of carbonyl (C=O) groups excluding carboxylic acids is 1. The Morgan fingerprint density at radius 1 is 1.10 bits per heavy atom. The summed E-state index contributed by atoms with van der Waals surface area (Å²) in [6.45, 7) is 7.27. The minimum absolute atomic E-state index is 0.163. The van der Waals surface area contributed by atoms with Gasteiger partial charge in [-0.05, 0) is 62.6 Å². The maximum Gasteiger partial charge on any atom is 0.287 e. The Labute approximate surface area is 179 Å². The van der Waals surface area contributed by atoms with E-state index in [4.69, 9.17) is 4.42 Å². The molecule has 2 aliphatic rings. The molecule has 1 aromatic heterocycles. The standard InChI is InChI=1S/C23H32N2O4S/c1-15-10-12-25(13-11-15)30(27,28)18-8-9-21-19(14-18)17(3)22(29-21)23(26)24-20-7-5-4-6-16(20)2/h8-9,14-16,20H,4-7,10-13H2,1-3H3,(H,24,26)/t16-,20+/m1/s1. The Morgan fingerprint density at radius 2 is 1.80 bits per heavy atom. The lowest BCUT2D eigenvalue weighted by Gasteiger charge is -2.29. The van der Waals surface area contributed by atoms with Crippen molar-refractivity contribution in [1.29, 1.82) is 0 Å². The van der Waals surface area contributed by atoms with Gasteiger partial charge in [0.05, 0.1) is 4.90 Å². The van der Waals surface area contributed by atoms with Crippen LogP contribution in [0.25, 0.3) is 11.0 Å². The predicted molar refractivity (Wildman–Crippen MR) is 117 cm³/mol. The molecule has 0 bridgehead atoms. The topological polar surface area (TPSA) is 79.6 Å². The van der Waals surface area contributed by atoms with E-state index in [1.807, 2.05) is 6.92 Å². The van der Waals surface area contributed by atoms with Gasteiger partial charge in [-0.3, -0.25) is 4.79 Å². The van der Waals surface area contributed by atoms with Crippen LogP contribution in [-0.4, -0.2) is 37.8 Å². The molecule has 1 N–H and O–H groups in total. The van der Waals surface area contributed by atoms with Crippen molar-refractivity contribution in [3.8, 4) is 0 Å². The van der Waals surface area contributed by atoms with Crippen LogP contribution < -0.4 is 5.32 Å². The summed E-state index contributed by atoms with van der Waals surface area (Å²) in [6, 6.07) is 5.07. The lowest BCUT2D eigenvalue weighted by atomic mass is 9.86. The summed E-state index contributed by atoms with van der Waals surface area (Å²) in [5.41, 5.74) is 1.23. The zero-order valence-corrected chi connectivity index (χ0v) is 18.9. The van der Waals surface area contributed by atoms with Crippen molar-refractivity contribution in [3.63, 3.8) is 0 Å². The highest BCUT2D eigenvalue weighted by Gasteiger charge is 2.30. The Bertz CT molecular complexity index is 1030. The molecule has 4 rings (SSSR count). The minimum Gasteiger partial charge on any atom is -0.451 e. The van der Waals surface area contributed by atoms with Gasteiger partial charge in [-0.2, -0.15) is 4.31 Å². The van der Waals surface area contributed by atoms with Crippen molar-refractivity contribution in [2.45, 2.75) is 70.2 Å². The smallest absolute Gasteiger partial charge is 0.287 e. The van der Waals surface area contributed by atoms with E-state index in [2.05, 4.69) is 19.2 Å². The third kappa shape index (κ3) is 4.02. The summed E-state index contributed by atoms with van der Waals surface area (Å²) in [5, 5.41) is 3.81. The van der Waals surface area contributed by atoms with Gasteiger partial charge in [0.15, 0.2) is 5.76 Å². The Kier molecular flexibility index (Phi) is 5.95. The van der Waals surface area contributed by atoms with Crippen LogP contribution in [0.1, 0.15) is 68.5 Å². The summed E-state index contributed by atoms with van der Waals surface area (Å²) in [4.78, 5) is 13.1. The van der Waals surface area contributed by atoms with Gasteiger partial charge in [-0.25, -0.2) is 8.42 Å². The highest BCUT2D eigenvalue weighted by molar-refractivity contribution is 7.89. The van der Waals surface area contributed by atoms with Gasteiger partial charge in [0.1, 0.15) is 5.58 Å². The first-order chi connectivity index (χ1) is 14.3. The van der Waals surface area contributed by atoms with Gasteiger partial charge in [-0.15, -0.1) is 0 Å². The molecule has 1 saturated carbocycles. The van der Waals surface area contributed by atoms with Crippen molar-refractivity contribution in [3.05, 3.63) is 29.5 Å². The third-order valence-electron chi connectivity index (χ3n) is 6.92. The zero-order valence-electron chi connectivity index (χ0n) is 18.1. The monoisotopic (exact) mass is 432 g/mol. The van der Waals surface area contributed by atoms with Gasteiger partial charge in [0.2, 0.25) is 10.0 Å². The van der Waals surface area contributed by atoms with Crippen LogP contribution in [0.15, 0.2) is 27.5 Å². The van der Waals surface area contributed by atoms with Gasteiger partial charge < -0.3 is 9.73 Å². The van der Waals surface area contributed by atoms with Crippen LogP contribution in [0.2, 0.25) is 0 Å². The van der Waals surface area contributed by atoms with Crippen LogP contribution in [0.4, 0.5) is 0 Å². The maximum absolute atomic E-state index is 13.1.